The zero-order chi connectivity index (χ0) is 18.0. The fourth-order valence-corrected chi connectivity index (χ4v) is 4.49. The molecule has 0 saturated carbocycles. The highest BCUT2D eigenvalue weighted by Crippen LogP contribution is 2.30. The van der Waals surface area contributed by atoms with E-state index >= 15 is 0 Å². The predicted octanol–water partition coefficient (Wildman–Crippen LogP) is 2.09. The molecule has 1 aromatic carbocycles. The molecule has 1 aromatic heterocycles. The van der Waals surface area contributed by atoms with Gasteiger partial charge in [-0.15, -0.1) is 0 Å². The van der Waals surface area contributed by atoms with Crippen molar-refractivity contribution in [1.82, 2.24) is 14.5 Å². The van der Waals surface area contributed by atoms with E-state index in [9.17, 15) is 13.2 Å². The van der Waals surface area contributed by atoms with Crippen LogP contribution in [0.4, 0.5) is 0 Å². The molecule has 0 radical (unpaired) electrons. The summed E-state index contributed by atoms with van der Waals surface area (Å²) in [6, 6.07) is 9.03. The second kappa shape index (κ2) is 6.93. The molecule has 1 unspecified atom stereocenters. The summed E-state index contributed by atoms with van der Waals surface area (Å²) in [5.41, 5.74) is 3.63. The summed E-state index contributed by atoms with van der Waals surface area (Å²) < 4.78 is 26.2. The molecule has 0 aliphatic heterocycles. The van der Waals surface area contributed by atoms with Crippen LogP contribution in [-0.2, 0) is 22.9 Å². The molecular weight excluding hydrogens is 338 g/mol. The zero-order valence-corrected chi connectivity index (χ0v) is 14.9. The second-order valence-corrected chi connectivity index (χ2v) is 8.01. The van der Waals surface area contributed by atoms with Gasteiger partial charge in [-0.25, -0.2) is 13.5 Å². The first-order valence-corrected chi connectivity index (χ1v) is 9.77. The van der Waals surface area contributed by atoms with E-state index in [1.807, 2.05) is 25.1 Å². The third kappa shape index (κ3) is 3.57. The largest absolute Gasteiger partial charge is 0.268 e. The maximum atomic E-state index is 12.3. The van der Waals surface area contributed by atoms with E-state index in [1.165, 1.54) is 6.07 Å². The van der Waals surface area contributed by atoms with Crippen LogP contribution < -0.4 is 5.56 Å². The molecule has 1 heterocycles. The van der Waals surface area contributed by atoms with Crippen molar-refractivity contribution < 1.29 is 8.42 Å². The summed E-state index contributed by atoms with van der Waals surface area (Å²) in [5.74, 6) is 0. The van der Waals surface area contributed by atoms with Gasteiger partial charge in [0.1, 0.15) is 0 Å². The summed E-state index contributed by atoms with van der Waals surface area (Å²) in [6.07, 6.45) is 2.12. The minimum Gasteiger partial charge on any atom is -0.268 e. The molecule has 0 bridgehead atoms. The molecule has 1 aliphatic carbocycles. The van der Waals surface area contributed by atoms with Crippen molar-refractivity contribution in [3.05, 3.63) is 63.8 Å². The van der Waals surface area contributed by atoms with E-state index in [2.05, 4.69) is 16.8 Å². The molecule has 2 aromatic rings. The summed E-state index contributed by atoms with van der Waals surface area (Å²) in [4.78, 5) is 11.2. The quantitative estimate of drug-likeness (QED) is 0.856. The Balaban J connectivity index is 1.88. The van der Waals surface area contributed by atoms with Crippen LogP contribution in [0.1, 0.15) is 24.5 Å². The molecule has 0 fully saturated rings. The van der Waals surface area contributed by atoms with E-state index in [4.69, 9.17) is 0 Å². The van der Waals surface area contributed by atoms with Gasteiger partial charge >= 0.3 is 0 Å². The molecule has 3 rings (SSSR count). The third-order valence-corrected chi connectivity index (χ3v) is 6.04. The van der Waals surface area contributed by atoms with E-state index in [-0.39, 0.29) is 11.6 Å². The molecule has 0 saturated heterocycles. The lowest BCUT2D eigenvalue weighted by Gasteiger charge is -2.26. The first-order chi connectivity index (χ1) is 11.9. The van der Waals surface area contributed by atoms with Crippen LogP contribution in [0.2, 0.25) is 0 Å². The van der Waals surface area contributed by atoms with Crippen LogP contribution in [0.5, 0.6) is 0 Å². The first-order valence-electron chi connectivity index (χ1n) is 8.27. The van der Waals surface area contributed by atoms with Gasteiger partial charge in [-0.2, -0.15) is 9.40 Å². The number of fused-ring (bicyclic) bond motifs is 1. The van der Waals surface area contributed by atoms with Gasteiger partial charge in [0, 0.05) is 29.6 Å². The predicted molar refractivity (Wildman–Crippen MR) is 97.6 cm³/mol. The molecule has 0 amide bonds. The molecule has 1 atom stereocenters. The van der Waals surface area contributed by atoms with Gasteiger partial charge in [0.2, 0.25) is 10.0 Å². The Morgan fingerprint density at radius 3 is 2.68 bits per heavy atom. The standard InChI is InChI=1S/C18H21N3O3S/c1-3-9-21(25(23,24)4-2)16-11-13-5-6-14(10-15(13)12-16)17-7-8-18(22)20-19-17/h4-8,10,16H,2-3,9,11-12H2,1H3,(H,20,22). The summed E-state index contributed by atoms with van der Waals surface area (Å²) in [7, 11) is -3.45. The van der Waals surface area contributed by atoms with Crippen molar-refractivity contribution in [3.63, 3.8) is 0 Å². The molecule has 1 aliphatic rings. The highest BCUT2D eigenvalue weighted by atomic mass is 32.2. The number of hydrogen-bond acceptors (Lipinski definition) is 4. The highest BCUT2D eigenvalue weighted by Gasteiger charge is 2.32. The molecule has 132 valence electrons. The van der Waals surface area contributed by atoms with Crippen LogP contribution in [0.15, 0.2) is 47.1 Å². The second-order valence-electron chi connectivity index (χ2n) is 6.17. The lowest BCUT2D eigenvalue weighted by atomic mass is 10.0. The Kier molecular flexibility index (Phi) is 4.87. The van der Waals surface area contributed by atoms with E-state index in [0.717, 1.165) is 28.5 Å². The number of H-pyrrole nitrogens is 1. The van der Waals surface area contributed by atoms with Gasteiger partial charge in [-0.3, -0.25) is 4.79 Å². The summed E-state index contributed by atoms with van der Waals surface area (Å²) in [6.45, 7) is 5.90. The van der Waals surface area contributed by atoms with Crippen molar-refractivity contribution >= 4 is 10.0 Å². The Bertz CT molecular complexity index is 930. The fraction of sp³-hybridized carbons (Fsp3) is 0.333. The normalized spacial score (nSPS) is 16.8. The summed E-state index contributed by atoms with van der Waals surface area (Å²) in [5, 5.41) is 7.52. The number of nitrogens with zero attached hydrogens (tertiary/aromatic N) is 2. The van der Waals surface area contributed by atoms with Crippen molar-refractivity contribution in [2.45, 2.75) is 32.2 Å². The number of hydrogen-bond donors (Lipinski definition) is 1. The topological polar surface area (TPSA) is 83.1 Å². The first kappa shape index (κ1) is 17.6. The number of rotatable bonds is 6. The molecule has 1 N–H and O–H groups in total. The van der Waals surface area contributed by atoms with Crippen LogP contribution in [0.3, 0.4) is 0 Å². The van der Waals surface area contributed by atoms with Gasteiger partial charge < -0.3 is 0 Å². The maximum absolute atomic E-state index is 12.3. The lowest BCUT2D eigenvalue weighted by Crippen LogP contribution is -2.40. The number of sulfonamides is 1. The van der Waals surface area contributed by atoms with Gasteiger partial charge in [-0.1, -0.05) is 25.6 Å². The van der Waals surface area contributed by atoms with E-state index in [0.29, 0.717) is 25.1 Å². The van der Waals surface area contributed by atoms with Crippen LogP contribution >= 0.6 is 0 Å². The fourth-order valence-electron chi connectivity index (χ4n) is 3.30. The molecular formula is C18H21N3O3S. The average Bonchev–Trinajstić information content (AvgIpc) is 3.02. The molecule has 25 heavy (non-hydrogen) atoms. The number of benzene rings is 1. The highest BCUT2D eigenvalue weighted by molar-refractivity contribution is 7.92. The van der Waals surface area contributed by atoms with Crippen LogP contribution in [-0.4, -0.2) is 35.5 Å². The average molecular weight is 359 g/mol. The monoisotopic (exact) mass is 359 g/mol. The van der Waals surface area contributed by atoms with Crippen molar-refractivity contribution in [2.24, 2.45) is 0 Å². The van der Waals surface area contributed by atoms with E-state index < -0.39 is 10.0 Å². The van der Waals surface area contributed by atoms with Gasteiger partial charge in [-0.05, 0) is 42.5 Å². The Labute approximate surface area is 147 Å². The minimum absolute atomic E-state index is 0.0864. The molecule has 6 nitrogen and oxygen atoms in total. The Hall–Kier alpha value is -2.25. The van der Waals surface area contributed by atoms with Gasteiger partial charge in [0.15, 0.2) is 0 Å². The number of aromatic nitrogens is 2. The van der Waals surface area contributed by atoms with Crippen LogP contribution in [0.25, 0.3) is 11.3 Å². The third-order valence-electron chi connectivity index (χ3n) is 4.48. The lowest BCUT2D eigenvalue weighted by molar-refractivity contribution is 0.330. The summed E-state index contributed by atoms with van der Waals surface area (Å²) >= 11 is 0. The maximum Gasteiger partial charge on any atom is 0.264 e. The van der Waals surface area contributed by atoms with Gasteiger partial charge in [0.25, 0.3) is 5.56 Å². The van der Waals surface area contributed by atoms with Crippen molar-refractivity contribution in [3.8, 4) is 11.3 Å². The number of aromatic amines is 1. The van der Waals surface area contributed by atoms with E-state index in [1.54, 1.807) is 10.4 Å². The van der Waals surface area contributed by atoms with Crippen molar-refractivity contribution in [1.29, 1.82) is 0 Å². The minimum atomic E-state index is -3.45. The SMILES string of the molecule is C=CS(=O)(=O)N(CCC)C1Cc2ccc(-c3ccc(=O)[nH]n3)cc2C1. The number of nitrogens with one attached hydrogen (secondary N) is 1. The smallest absolute Gasteiger partial charge is 0.264 e. The Morgan fingerprint density at radius 2 is 2.04 bits per heavy atom. The zero-order valence-electron chi connectivity index (χ0n) is 14.1. The van der Waals surface area contributed by atoms with Crippen LogP contribution in [0, 0.1) is 0 Å². The molecule has 7 heteroatoms. The van der Waals surface area contributed by atoms with Gasteiger partial charge in [0.05, 0.1) is 5.69 Å². The Morgan fingerprint density at radius 1 is 1.28 bits per heavy atom. The van der Waals surface area contributed by atoms with Crippen molar-refractivity contribution in [2.75, 3.05) is 6.54 Å². The molecule has 0 spiro atoms.